The van der Waals surface area contributed by atoms with E-state index in [1.807, 2.05) is 30.3 Å². The fourth-order valence-electron chi connectivity index (χ4n) is 2.57. The number of para-hydroxylation sites is 1. The molecular formula is C17H12N4O4. The Labute approximate surface area is 141 Å². The average molecular weight is 336 g/mol. The van der Waals surface area contributed by atoms with E-state index in [9.17, 15) is 10.1 Å². The van der Waals surface area contributed by atoms with Crippen LogP contribution in [-0.2, 0) is 0 Å². The highest BCUT2D eigenvalue weighted by Crippen LogP contribution is 2.37. The Morgan fingerprint density at radius 1 is 1.20 bits per heavy atom. The van der Waals surface area contributed by atoms with Crippen molar-refractivity contribution < 1.29 is 14.4 Å². The number of pyridine rings is 1. The number of ether oxygens (including phenoxy) is 2. The first-order valence-corrected chi connectivity index (χ1v) is 7.43. The van der Waals surface area contributed by atoms with Crippen LogP contribution in [0.25, 0.3) is 10.9 Å². The first-order valence-electron chi connectivity index (χ1n) is 7.43. The molecule has 0 aliphatic carbocycles. The van der Waals surface area contributed by atoms with Gasteiger partial charge in [0.25, 0.3) is 5.69 Å². The van der Waals surface area contributed by atoms with Gasteiger partial charge in [-0.1, -0.05) is 18.2 Å². The lowest BCUT2D eigenvalue weighted by Gasteiger charge is -2.04. The van der Waals surface area contributed by atoms with Crippen molar-refractivity contribution in [2.45, 2.75) is 0 Å². The summed E-state index contributed by atoms with van der Waals surface area (Å²) < 4.78 is 10.4. The Hall–Kier alpha value is -3.68. The molecule has 8 heteroatoms. The van der Waals surface area contributed by atoms with Crippen molar-refractivity contribution in [2.75, 3.05) is 12.2 Å². The fraction of sp³-hybridized carbons (Fsp3) is 0.0588. The molecule has 25 heavy (non-hydrogen) atoms. The molecular weight excluding hydrogens is 324 g/mol. The number of nitrogens with zero attached hydrogens (tertiary/aromatic N) is 3. The lowest BCUT2D eigenvalue weighted by atomic mass is 10.1. The molecule has 1 aliphatic rings. The van der Waals surface area contributed by atoms with E-state index in [1.54, 1.807) is 6.20 Å². The van der Waals surface area contributed by atoms with Crippen LogP contribution in [0.5, 0.6) is 11.5 Å². The number of hydrogen-bond acceptors (Lipinski definition) is 7. The standard InChI is InChI=1S/C17H12N4O4/c22-21(23)14-8-16-15(24-10-25-16)7-12(14)9-19-20-13-5-1-3-11-4-2-6-18-17(11)13/h1-9,20H,10H2. The van der Waals surface area contributed by atoms with Gasteiger partial charge < -0.3 is 9.47 Å². The summed E-state index contributed by atoms with van der Waals surface area (Å²) in [6.45, 7) is 0.0486. The normalized spacial score (nSPS) is 12.6. The summed E-state index contributed by atoms with van der Waals surface area (Å²) in [4.78, 5) is 15.1. The van der Waals surface area contributed by atoms with Gasteiger partial charge in [0.15, 0.2) is 11.5 Å². The molecule has 0 amide bonds. The third-order valence-electron chi connectivity index (χ3n) is 3.74. The second-order valence-corrected chi connectivity index (χ2v) is 5.27. The number of fused-ring (bicyclic) bond motifs is 2. The Balaban J connectivity index is 1.65. The van der Waals surface area contributed by atoms with Crippen LogP contribution in [-0.4, -0.2) is 22.9 Å². The number of anilines is 1. The van der Waals surface area contributed by atoms with Crippen LogP contribution in [0.3, 0.4) is 0 Å². The molecule has 4 rings (SSSR count). The first-order chi connectivity index (χ1) is 12.2. The average Bonchev–Trinajstić information content (AvgIpc) is 3.08. The number of nitrogens with one attached hydrogen (secondary N) is 1. The van der Waals surface area contributed by atoms with Crippen LogP contribution in [0, 0.1) is 10.1 Å². The Kier molecular flexibility index (Phi) is 3.62. The van der Waals surface area contributed by atoms with Crippen molar-refractivity contribution in [1.82, 2.24) is 4.98 Å². The first kappa shape index (κ1) is 14.9. The molecule has 0 saturated carbocycles. The minimum atomic E-state index is -0.483. The van der Waals surface area contributed by atoms with E-state index >= 15 is 0 Å². The molecule has 1 aromatic heterocycles. The van der Waals surface area contributed by atoms with E-state index in [0.717, 1.165) is 10.9 Å². The predicted octanol–water partition coefficient (Wildman–Crippen LogP) is 3.32. The molecule has 1 N–H and O–H groups in total. The quantitative estimate of drug-likeness (QED) is 0.446. The summed E-state index contributed by atoms with van der Waals surface area (Å²) in [5, 5.41) is 16.3. The van der Waals surface area contributed by atoms with Crippen molar-refractivity contribution in [3.05, 3.63) is 64.3 Å². The molecule has 2 heterocycles. The van der Waals surface area contributed by atoms with Crippen molar-refractivity contribution in [3.8, 4) is 11.5 Å². The van der Waals surface area contributed by atoms with Crippen molar-refractivity contribution in [2.24, 2.45) is 5.10 Å². The van der Waals surface area contributed by atoms with Crippen LogP contribution < -0.4 is 14.9 Å². The van der Waals surface area contributed by atoms with Gasteiger partial charge in [0.2, 0.25) is 6.79 Å². The van der Waals surface area contributed by atoms with Gasteiger partial charge in [0, 0.05) is 11.6 Å². The third kappa shape index (κ3) is 2.80. The maximum absolute atomic E-state index is 11.2. The highest BCUT2D eigenvalue weighted by Gasteiger charge is 2.22. The fourth-order valence-corrected chi connectivity index (χ4v) is 2.57. The number of hydrazone groups is 1. The summed E-state index contributed by atoms with van der Waals surface area (Å²) in [7, 11) is 0. The van der Waals surface area contributed by atoms with E-state index in [-0.39, 0.29) is 12.5 Å². The van der Waals surface area contributed by atoms with Crippen LogP contribution in [0.15, 0.2) is 53.8 Å². The molecule has 1 aliphatic heterocycles. The number of nitro groups is 1. The zero-order chi connectivity index (χ0) is 17.2. The number of benzene rings is 2. The summed E-state index contributed by atoms with van der Waals surface area (Å²) in [6.07, 6.45) is 3.07. The van der Waals surface area contributed by atoms with Gasteiger partial charge in [-0.25, -0.2) is 0 Å². The molecule has 2 aromatic carbocycles. The minimum absolute atomic E-state index is 0.0486. The van der Waals surface area contributed by atoms with Crippen molar-refractivity contribution >= 4 is 28.5 Å². The highest BCUT2D eigenvalue weighted by molar-refractivity contribution is 5.91. The molecule has 0 radical (unpaired) electrons. The topological polar surface area (TPSA) is 98.9 Å². The maximum atomic E-state index is 11.2. The van der Waals surface area contributed by atoms with Gasteiger partial charge in [-0.05, 0) is 18.2 Å². The summed E-state index contributed by atoms with van der Waals surface area (Å²) in [5.74, 6) is 0.814. The SMILES string of the molecule is O=[N+]([O-])c1cc2c(cc1C=NNc1cccc3cccnc13)OCO2. The van der Waals surface area contributed by atoms with Crippen molar-refractivity contribution in [3.63, 3.8) is 0 Å². The van der Waals surface area contributed by atoms with E-state index in [4.69, 9.17) is 9.47 Å². The van der Waals surface area contributed by atoms with Gasteiger partial charge >= 0.3 is 0 Å². The molecule has 0 unspecified atom stereocenters. The van der Waals surface area contributed by atoms with Crippen LogP contribution >= 0.6 is 0 Å². The van der Waals surface area contributed by atoms with Gasteiger partial charge in [0.1, 0.15) is 0 Å². The molecule has 0 fully saturated rings. The van der Waals surface area contributed by atoms with E-state index in [1.165, 1.54) is 18.3 Å². The molecule has 3 aromatic rings. The van der Waals surface area contributed by atoms with Crippen LogP contribution in [0.2, 0.25) is 0 Å². The van der Waals surface area contributed by atoms with E-state index in [2.05, 4.69) is 15.5 Å². The van der Waals surface area contributed by atoms with Gasteiger partial charge in [0.05, 0.1) is 34.0 Å². The second-order valence-electron chi connectivity index (χ2n) is 5.27. The monoisotopic (exact) mass is 336 g/mol. The lowest BCUT2D eigenvalue weighted by Crippen LogP contribution is -1.97. The Bertz CT molecular complexity index is 998. The largest absolute Gasteiger partial charge is 0.454 e. The molecule has 0 saturated heterocycles. The molecule has 0 atom stereocenters. The Morgan fingerprint density at radius 2 is 2.00 bits per heavy atom. The number of hydrogen-bond donors (Lipinski definition) is 1. The zero-order valence-corrected chi connectivity index (χ0v) is 12.9. The highest BCUT2D eigenvalue weighted by atomic mass is 16.7. The van der Waals surface area contributed by atoms with E-state index in [0.29, 0.717) is 22.7 Å². The zero-order valence-electron chi connectivity index (χ0n) is 12.9. The van der Waals surface area contributed by atoms with Gasteiger partial charge in [-0.3, -0.25) is 20.5 Å². The summed E-state index contributed by atoms with van der Waals surface area (Å²) >= 11 is 0. The smallest absolute Gasteiger partial charge is 0.282 e. The predicted molar refractivity (Wildman–Crippen MR) is 92.2 cm³/mol. The molecule has 0 bridgehead atoms. The lowest BCUT2D eigenvalue weighted by molar-refractivity contribution is -0.385. The molecule has 124 valence electrons. The second kappa shape index (κ2) is 6.08. The van der Waals surface area contributed by atoms with Gasteiger partial charge in [-0.15, -0.1) is 0 Å². The van der Waals surface area contributed by atoms with Crippen molar-refractivity contribution in [1.29, 1.82) is 0 Å². The number of rotatable bonds is 4. The third-order valence-corrected chi connectivity index (χ3v) is 3.74. The van der Waals surface area contributed by atoms with Crippen LogP contribution in [0.1, 0.15) is 5.56 Å². The van der Waals surface area contributed by atoms with Crippen LogP contribution in [0.4, 0.5) is 11.4 Å². The minimum Gasteiger partial charge on any atom is -0.454 e. The number of aromatic nitrogens is 1. The maximum Gasteiger partial charge on any atom is 0.282 e. The summed E-state index contributed by atoms with van der Waals surface area (Å²) in [5.41, 5.74) is 4.56. The molecule has 8 nitrogen and oxygen atoms in total. The Morgan fingerprint density at radius 3 is 2.84 bits per heavy atom. The van der Waals surface area contributed by atoms with E-state index < -0.39 is 4.92 Å². The molecule has 0 spiro atoms. The number of nitro benzene ring substituents is 1. The van der Waals surface area contributed by atoms with Gasteiger partial charge in [-0.2, -0.15) is 5.10 Å². The summed E-state index contributed by atoms with van der Waals surface area (Å²) in [6, 6.07) is 12.3.